The third kappa shape index (κ3) is 7.35. The zero-order valence-electron chi connectivity index (χ0n) is 13.0. The smallest absolute Gasteiger partial charge is 0.211 e. The van der Waals surface area contributed by atoms with Crippen LogP contribution in [0.2, 0.25) is 0 Å². The second-order valence-corrected chi connectivity index (χ2v) is 8.95. The fourth-order valence-electron chi connectivity index (χ4n) is 1.84. The van der Waals surface area contributed by atoms with Gasteiger partial charge in [0.15, 0.2) is 0 Å². The van der Waals surface area contributed by atoms with Crippen LogP contribution in [0.25, 0.3) is 0 Å². The Labute approximate surface area is 133 Å². The van der Waals surface area contributed by atoms with Crippen molar-refractivity contribution in [1.29, 1.82) is 0 Å². The summed E-state index contributed by atoms with van der Waals surface area (Å²) in [5.41, 5.74) is 1.67. The van der Waals surface area contributed by atoms with Crippen LogP contribution < -0.4 is 9.44 Å². The zero-order chi connectivity index (χ0) is 16.6. The molecule has 0 saturated carbocycles. The minimum atomic E-state index is -3.22. The fraction of sp³-hybridized carbons (Fsp3) is 0.571. The summed E-state index contributed by atoms with van der Waals surface area (Å²) in [4.78, 5) is 0. The minimum absolute atomic E-state index is 0.115. The van der Waals surface area contributed by atoms with Gasteiger partial charge in [-0.2, -0.15) is 0 Å². The molecule has 126 valence electrons. The monoisotopic (exact) mass is 348 g/mol. The van der Waals surface area contributed by atoms with E-state index in [1.165, 1.54) is 0 Å². The average molecular weight is 348 g/mol. The summed E-state index contributed by atoms with van der Waals surface area (Å²) >= 11 is 0. The molecule has 0 aliphatic heterocycles. The molecule has 22 heavy (non-hydrogen) atoms. The number of rotatable bonds is 10. The van der Waals surface area contributed by atoms with Crippen LogP contribution in [0.15, 0.2) is 24.3 Å². The zero-order valence-corrected chi connectivity index (χ0v) is 14.6. The first kappa shape index (κ1) is 19.1. The van der Waals surface area contributed by atoms with Gasteiger partial charge in [0.1, 0.15) is 0 Å². The van der Waals surface area contributed by atoms with Crippen LogP contribution in [-0.2, 0) is 33.1 Å². The van der Waals surface area contributed by atoms with Crippen LogP contribution in [-0.4, -0.2) is 28.3 Å². The van der Waals surface area contributed by atoms with E-state index in [1.807, 2.05) is 13.8 Å². The van der Waals surface area contributed by atoms with Gasteiger partial charge in [0.2, 0.25) is 20.0 Å². The highest BCUT2D eigenvalue weighted by Gasteiger charge is 2.09. The molecular formula is C14H24N2O4S2. The summed E-state index contributed by atoms with van der Waals surface area (Å²) in [5.74, 6) is 0.231. The van der Waals surface area contributed by atoms with Gasteiger partial charge in [-0.3, -0.25) is 0 Å². The molecule has 0 spiro atoms. The fourth-order valence-corrected chi connectivity index (χ4v) is 3.98. The summed E-state index contributed by atoms with van der Waals surface area (Å²) in [5, 5.41) is 0. The van der Waals surface area contributed by atoms with E-state index < -0.39 is 20.0 Å². The van der Waals surface area contributed by atoms with E-state index in [-0.39, 0.29) is 24.6 Å². The molecule has 1 aromatic rings. The Balaban J connectivity index is 2.53. The van der Waals surface area contributed by atoms with Crippen molar-refractivity contribution in [2.24, 2.45) is 0 Å². The van der Waals surface area contributed by atoms with Crippen molar-refractivity contribution >= 4 is 20.0 Å². The van der Waals surface area contributed by atoms with Gasteiger partial charge in [0.25, 0.3) is 0 Å². The molecule has 1 aromatic carbocycles. The lowest BCUT2D eigenvalue weighted by Gasteiger charge is -2.08. The highest BCUT2D eigenvalue weighted by Crippen LogP contribution is 2.06. The predicted molar refractivity (Wildman–Crippen MR) is 88.3 cm³/mol. The van der Waals surface area contributed by atoms with Crippen LogP contribution in [0.3, 0.4) is 0 Å². The second-order valence-electron chi connectivity index (χ2n) is 5.10. The molecule has 0 saturated heterocycles. The molecule has 0 aliphatic carbocycles. The summed E-state index contributed by atoms with van der Waals surface area (Å²) in [6.45, 7) is 4.11. The first-order valence-electron chi connectivity index (χ1n) is 7.30. The normalized spacial score (nSPS) is 12.5. The van der Waals surface area contributed by atoms with Crippen molar-refractivity contribution in [3.05, 3.63) is 35.4 Å². The van der Waals surface area contributed by atoms with Crippen molar-refractivity contribution < 1.29 is 16.8 Å². The van der Waals surface area contributed by atoms with E-state index in [4.69, 9.17) is 0 Å². The Morgan fingerprint density at radius 1 is 0.727 bits per heavy atom. The third-order valence-corrected chi connectivity index (χ3v) is 6.02. The van der Waals surface area contributed by atoms with Gasteiger partial charge in [-0.15, -0.1) is 0 Å². The Morgan fingerprint density at radius 2 is 1.05 bits per heavy atom. The molecule has 0 atom stereocenters. The quantitative estimate of drug-likeness (QED) is 0.667. The largest absolute Gasteiger partial charge is 0.212 e. The number of hydrogen-bond acceptors (Lipinski definition) is 4. The van der Waals surface area contributed by atoms with Gasteiger partial charge in [-0.25, -0.2) is 26.3 Å². The van der Waals surface area contributed by atoms with E-state index in [1.54, 1.807) is 24.3 Å². The maximum atomic E-state index is 11.6. The van der Waals surface area contributed by atoms with E-state index in [9.17, 15) is 16.8 Å². The van der Waals surface area contributed by atoms with Crippen molar-refractivity contribution in [1.82, 2.24) is 9.44 Å². The molecule has 0 bridgehead atoms. The summed E-state index contributed by atoms with van der Waals surface area (Å²) < 4.78 is 51.3. The molecule has 1 rings (SSSR count). The number of hydrogen-bond donors (Lipinski definition) is 2. The second kappa shape index (κ2) is 8.61. The predicted octanol–water partition coefficient (Wildman–Crippen LogP) is 1.35. The summed E-state index contributed by atoms with van der Waals surface area (Å²) in [7, 11) is -6.44. The topological polar surface area (TPSA) is 92.3 Å². The van der Waals surface area contributed by atoms with E-state index in [0.29, 0.717) is 12.8 Å². The van der Waals surface area contributed by atoms with Crippen LogP contribution in [0.4, 0.5) is 0 Å². The molecule has 8 heteroatoms. The van der Waals surface area contributed by atoms with Gasteiger partial charge >= 0.3 is 0 Å². The Bertz CT molecular complexity index is 594. The van der Waals surface area contributed by atoms with Gasteiger partial charge < -0.3 is 0 Å². The molecule has 0 radical (unpaired) electrons. The third-order valence-electron chi connectivity index (χ3n) is 2.96. The molecule has 0 heterocycles. The van der Waals surface area contributed by atoms with Crippen molar-refractivity contribution in [2.75, 3.05) is 11.5 Å². The van der Waals surface area contributed by atoms with Crippen molar-refractivity contribution in [3.63, 3.8) is 0 Å². The minimum Gasteiger partial charge on any atom is -0.212 e. The number of sulfonamides is 2. The molecule has 2 N–H and O–H groups in total. The molecule has 0 fully saturated rings. The van der Waals surface area contributed by atoms with Gasteiger partial charge in [0, 0.05) is 13.1 Å². The average Bonchev–Trinajstić information content (AvgIpc) is 2.44. The number of nitrogens with one attached hydrogen (secondary N) is 2. The lowest BCUT2D eigenvalue weighted by Crippen LogP contribution is -2.26. The van der Waals surface area contributed by atoms with Crippen LogP contribution >= 0.6 is 0 Å². The first-order valence-corrected chi connectivity index (χ1v) is 10.6. The lowest BCUT2D eigenvalue weighted by atomic mass is 10.1. The molecule has 6 nitrogen and oxygen atoms in total. The molecule has 0 aromatic heterocycles. The van der Waals surface area contributed by atoms with Gasteiger partial charge in [-0.05, 0) is 24.0 Å². The maximum absolute atomic E-state index is 11.6. The Kier molecular flexibility index (Phi) is 7.47. The standard InChI is InChI=1S/C14H24N2O4S2/c1-3-9-21(17,18)15-11-13-5-7-14(8-6-13)12-16-22(19,20)10-4-2/h5-8,15-16H,3-4,9-12H2,1-2H3. The van der Waals surface area contributed by atoms with E-state index in [0.717, 1.165) is 11.1 Å². The molecule has 0 aliphatic rings. The Hall–Kier alpha value is -0.960. The lowest BCUT2D eigenvalue weighted by molar-refractivity contribution is 0.577. The van der Waals surface area contributed by atoms with Crippen LogP contribution in [0, 0.1) is 0 Å². The maximum Gasteiger partial charge on any atom is 0.211 e. The Morgan fingerprint density at radius 3 is 1.32 bits per heavy atom. The SMILES string of the molecule is CCCS(=O)(=O)NCc1ccc(CNS(=O)(=O)CCC)cc1. The molecule has 0 amide bonds. The summed E-state index contributed by atoms with van der Waals surface area (Å²) in [6.07, 6.45) is 1.15. The molecule has 0 unspecified atom stereocenters. The first-order chi connectivity index (χ1) is 10.3. The van der Waals surface area contributed by atoms with Gasteiger partial charge in [0.05, 0.1) is 11.5 Å². The van der Waals surface area contributed by atoms with Crippen molar-refractivity contribution in [3.8, 4) is 0 Å². The highest BCUT2D eigenvalue weighted by atomic mass is 32.2. The van der Waals surface area contributed by atoms with Crippen molar-refractivity contribution in [2.45, 2.75) is 39.8 Å². The molecular weight excluding hydrogens is 324 g/mol. The van der Waals surface area contributed by atoms with E-state index >= 15 is 0 Å². The van der Waals surface area contributed by atoms with Gasteiger partial charge in [-0.1, -0.05) is 38.1 Å². The number of benzene rings is 1. The van der Waals surface area contributed by atoms with Crippen LogP contribution in [0.5, 0.6) is 0 Å². The summed E-state index contributed by atoms with van der Waals surface area (Å²) in [6, 6.07) is 7.16. The van der Waals surface area contributed by atoms with Crippen LogP contribution in [0.1, 0.15) is 37.8 Å². The van der Waals surface area contributed by atoms with E-state index in [2.05, 4.69) is 9.44 Å². The highest BCUT2D eigenvalue weighted by molar-refractivity contribution is 7.89.